The fraction of sp³-hybridized carbons (Fsp3) is 0.536. The number of benzene rings is 1. The molecule has 40 heavy (non-hydrogen) atoms. The molecule has 1 fully saturated rings. The molecule has 0 radical (unpaired) electrons. The molecule has 1 aromatic carbocycles. The molecule has 0 saturated heterocycles. The number of phenolic OH excluding ortho intramolecular Hbond substituents is 1. The van der Waals surface area contributed by atoms with Crippen LogP contribution in [0.2, 0.25) is 0 Å². The van der Waals surface area contributed by atoms with Crippen LogP contribution in [0, 0.1) is 17.7 Å². The minimum absolute atomic E-state index is 0.00117. The number of nitrogens with two attached hydrogens (primary N) is 1. The third-order valence-corrected chi connectivity index (χ3v) is 8.02. The van der Waals surface area contributed by atoms with Gasteiger partial charge in [0.2, 0.25) is 5.78 Å². The van der Waals surface area contributed by atoms with E-state index < -0.39 is 69.6 Å². The Labute approximate surface area is 231 Å². The van der Waals surface area contributed by atoms with Crippen molar-refractivity contribution in [1.82, 2.24) is 15.5 Å². The fourth-order valence-electron chi connectivity index (χ4n) is 6.20. The molecule has 0 aromatic heterocycles. The number of nitrogens with one attached hydrogen (secondary N) is 2. The van der Waals surface area contributed by atoms with Gasteiger partial charge in [0.05, 0.1) is 11.6 Å². The van der Waals surface area contributed by atoms with E-state index in [0.717, 1.165) is 0 Å². The van der Waals surface area contributed by atoms with Crippen LogP contribution < -0.4 is 16.4 Å². The lowest BCUT2D eigenvalue weighted by Gasteiger charge is -2.50. The van der Waals surface area contributed by atoms with Crippen LogP contribution in [0.4, 0.5) is 4.39 Å². The second kappa shape index (κ2) is 10.3. The van der Waals surface area contributed by atoms with Crippen LogP contribution >= 0.6 is 0 Å². The number of aliphatic hydroxyl groups excluding tert-OH is 2. The smallest absolute Gasteiger partial charge is 0.255 e. The van der Waals surface area contributed by atoms with Gasteiger partial charge >= 0.3 is 0 Å². The molecule has 1 aromatic rings. The summed E-state index contributed by atoms with van der Waals surface area (Å²) >= 11 is 0. The summed E-state index contributed by atoms with van der Waals surface area (Å²) in [5.41, 5.74) is 1.19. The van der Waals surface area contributed by atoms with Crippen molar-refractivity contribution in [3.63, 3.8) is 0 Å². The Hall–Kier alpha value is -3.32. The van der Waals surface area contributed by atoms with Crippen molar-refractivity contribution in [3.05, 3.63) is 45.5 Å². The Kier molecular flexibility index (Phi) is 7.61. The predicted octanol–water partition coefficient (Wildman–Crippen LogP) is 0.581. The SMILES string of the molecule is CN(C)[C@@H]1C(=O)C(C(N)=O)=C(O)[C@@]2(O)C(=O)C3=C(O)c4c(O)c(CNCCNC(C)(C)C)cc(F)c4C[C@H]3C[C@@H]12. The minimum Gasteiger partial charge on any atom is -0.508 e. The summed E-state index contributed by atoms with van der Waals surface area (Å²) in [5.74, 6) is -8.31. The van der Waals surface area contributed by atoms with E-state index >= 15 is 4.39 Å². The molecule has 0 bridgehead atoms. The average Bonchev–Trinajstić information content (AvgIpc) is 2.82. The molecule has 1 saturated carbocycles. The number of aromatic hydroxyl groups is 1. The van der Waals surface area contributed by atoms with Crippen molar-refractivity contribution in [3.8, 4) is 5.75 Å². The van der Waals surface area contributed by atoms with Crippen LogP contribution in [-0.2, 0) is 27.3 Å². The van der Waals surface area contributed by atoms with Crippen LogP contribution in [0.1, 0.15) is 43.9 Å². The molecule has 218 valence electrons. The molecule has 12 heteroatoms. The highest BCUT2D eigenvalue weighted by Crippen LogP contribution is 2.53. The Bertz CT molecular complexity index is 1350. The number of nitrogens with zero attached hydrogens (tertiary/aromatic N) is 1. The van der Waals surface area contributed by atoms with E-state index in [2.05, 4.69) is 10.6 Å². The first-order chi connectivity index (χ1) is 18.5. The van der Waals surface area contributed by atoms with E-state index in [1.807, 2.05) is 20.8 Å². The molecular formula is C28H37FN4O7. The van der Waals surface area contributed by atoms with Crippen molar-refractivity contribution < 1.29 is 39.2 Å². The Morgan fingerprint density at radius 1 is 1.20 bits per heavy atom. The van der Waals surface area contributed by atoms with E-state index in [1.165, 1.54) is 25.1 Å². The van der Waals surface area contributed by atoms with Crippen LogP contribution in [0.15, 0.2) is 23.0 Å². The van der Waals surface area contributed by atoms with Gasteiger partial charge in [-0.1, -0.05) is 0 Å². The van der Waals surface area contributed by atoms with E-state index in [-0.39, 0.29) is 47.2 Å². The molecule has 0 spiro atoms. The van der Waals surface area contributed by atoms with Crippen molar-refractivity contribution in [2.24, 2.45) is 17.6 Å². The number of halogens is 1. The number of ketones is 2. The van der Waals surface area contributed by atoms with Crippen LogP contribution in [-0.4, -0.2) is 87.2 Å². The van der Waals surface area contributed by atoms with Gasteiger partial charge in [-0.3, -0.25) is 19.3 Å². The zero-order valence-corrected chi connectivity index (χ0v) is 23.3. The Morgan fingerprint density at radius 3 is 2.42 bits per heavy atom. The number of likely N-dealkylation sites (N-methyl/N-ethyl adjacent to an activating group) is 1. The highest BCUT2D eigenvalue weighted by molar-refractivity contribution is 6.24. The number of rotatable bonds is 7. The number of amides is 1. The first-order valence-corrected chi connectivity index (χ1v) is 13.2. The van der Waals surface area contributed by atoms with E-state index in [0.29, 0.717) is 13.1 Å². The monoisotopic (exact) mass is 560 g/mol. The topological polar surface area (TPSA) is 185 Å². The number of Topliss-reactive ketones (excluding diaryl/α,β-unsaturated/α-hetero) is 2. The highest BCUT2D eigenvalue weighted by Gasteiger charge is 2.64. The third-order valence-electron chi connectivity index (χ3n) is 8.02. The molecule has 3 aliphatic carbocycles. The molecule has 0 aliphatic heterocycles. The van der Waals surface area contributed by atoms with Gasteiger partial charge in [0.1, 0.15) is 28.7 Å². The number of carbonyl (C=O) groups excluding carboxylic acids is 3. The number of hydrogen-bond acceptors (Lipinski definition) is 10. The quantitative estimate of drug-likeness (QED) is 0.184. The van der Waals surface area contributed by atoms with Gasteiger partial charge in [0.15, 0.2) is 11.4 Å². The number of phenols is 1. The molecule has 11 nitrogen and oxygen atoms in total. The standard InChI is InChI=1S/C28H37FN4O7/c1-27(2,3)32-7-6-31-11-13-10-16(29)14-8-12-9-15-20(33(4)5)23(36)19(26(30)39)25(38)28(15,40)24(37)17(12)22(35)18(14)21(13)34/h10,12,15,20,31-32,34-35,38,40H,6-9,11H2,1-5H3,(H2,30,39)/t12-,15-,20-,28-/m0/s1. The molecule has 4 rings (SSSR count). The normalized spacial score (nSPS) is 26.6. The molecule has 3 aliphatic rings. The summed E-state index contributed by atoms with van der Waals surface area (Å²) in [7, 11) is 3.03. The largest absolute Gasteiger partial charge is 0.508 e. The van der Waals surface area contributed by atoms with E-state index in [4.69, 9.17) is 5.73 Å². The van der Waals surface area contributed by atoms with Crippen molar-refractivity contribution in [2.45, 2.75) is 57.3 Å². The molecular weight excluding hydrogens is 523 g/mol. The maximum Gasteiger partial charge on any atom is 0.255 e. The lowest BCUT2D eigenvalue weighted by atomic mass is 9.57. The summed E-state index contributed by atoms with van der Waals surface area (Å²) in [6.07, 6.45) is -0.201. The zero-order valence-electron chi connectivity index (χ0n) is 23.3. The van der Waals surface area contributed by atoms with Gasteiger partial charge in [0, 0.05) is 47.8 Å². The zero-order chi connectivity index (χ0) is 29.9. The molecule has 4 atom stereocenters. The van der Waals surface area contributed by atoms with Crippen molar-refractivity contribution in [2.75, 3.05) is 27.2 Å². The Balaban J connectivity index is 1.76. The van der Waals surface area contributed by atoms with Crippen LogP contribution in [0.5, 0.6) is 5.75 Å². The first kappa shape index (κ1) is 29.7. The highest BCUT2D eigenvalue weighted by atomic mass is 19.1. The summed E-state index contributed by atoms with van der Waals surface area (Å²) < 4.78 is 15.4. The van der Waals surface area contributed by atoms with Gasteiger partial charge < -0.3 is 36.8 Å². The maximum atomic E-state index is 15.4. The lowest BCUT2D eigenvalue weighted by Crippen LogP contribution is -2.65. The second-order valence-electron chi connectivity index (χ2n) is 12.0. The molecule has 0 heterocycles. The summed E-state index contributed by atoms with van der Waals surface area (Å²) in [6, 6.07) is -0.0187. The fourth-order valence-corrected chi connectivity index (χ4v) is 6.20. The number of fused-ring (bicyclic) bond motifs is 3. The van der Waals surface area contributed by atoms with Gasteiger partial charge in [0.25, 0.3) is 5.91 Å². The molecule has 8 N–H and O–H groups in total. The summed E-state index contributed by atoms with van der Waals surface area (Å²) in [6.45, 7) is 7.25. The molecule has 1 amide bonds. The van der Waals surface area contributed by atoms with Gasteiger partial charge in [-0.15, -0.1) is 0 Å². The average molecular weight is 561 g/mol. The van der Waals surface area contributed by atoms with Gasteiger partial charge in [-0.05, 0) is 59.7 Å². The predicted molar refractivity (Wildman–Crippen MR) is 144 cm³/mol. The third kappa shape index (κ3) is 4.68. The van der Waals surface area contributed by atoms with Crippen molar-refractivity contribution in [1.29, 1.82) is 0 Å². The summed E-state index contributed by atoms with van der Waals surface area (Å²) in [4.78, 5) is 40.4. The number of aliphatic hydroxyl groups is 3. The van der Waals surface area contributed by atoms with Crippen molar-refractivity contribution >= 4 is 23.2 Å². The Morgan fingerprint density at radius 2 is 1.85 bits per heavy atom. The van der Waals surface area contributed by atoms with Gasteiger partial charge in [-0.25, -0.2) is 4.39 Å². The number of carbonyl (C=O) groups is 3. The number of primary amides is 1. The lowest BCUT2D eigenvalue weighted by molar-refractivity contribution is -0.153. The van der Waals surface area contributed by atoms with E-state index in [1.54, 1.807) is 0 Å². The maximum absolute atomic E-state index is 15.4. The molecule has 0 unspecified atom stereocenters. The second-order valence-corrected chi connectivity index (χ2v) is 12.0. The van der Waals surface area contributed by atoms with Crippen LogP contribution in [0.25, 0.3) is 5.76 Å². The van der Waals surface area contributed by atoms with E-state index in [9.17, 15) is 34.8 Å². The first-order valence-electron chi connectivity index (χ1n) is 13.2. The number of hydrogen-bond donors (Lipinski definition) is 7. The van der Waals surface area contributed by atoms with Crippen LogP contribution in [0.3, 0.4) is 0 Å². The minimum atomic E-state index is -2.74. The van der Waals surface area contributed by atoms with Gasteiger partial charge in [-0.2, -0.15) is 0 Å². The summed E-state index contributed by atoms with van der Waals surface area (Å²) in [5, 5.41) is 51.2.